The van der Waals surface area contributed by atoms with Crippen molar-refractivity contribution in [1.29, 1.82) is 0 Å². The second-order valence-corrected chi connectivity index (χ2v) is 7.49. The minimum atomic E-state index is -0.247. The monoisotopic (exact) mass is 409 g/mol. The van der Waals surface area contributed by atoms with E-state index >= 15 is 0 Å². The number of anilines is 2. The first-order valence-corrected chi connectivity index (χ1v) is 10.4. The molecule has 1 atom stereocenters. The highest BCUT2D eigenvalue weighted by Gasteiger charge is 2.19. The Morgan fingerprint density at radius 3 is 2.47 bits per heavy atom. The van der Waals surface area contributed by atoms with Crippen LogP contribution in [0, 0.1) is 0 Å². The van der Waals surface area contributed by atoms with Crippen LogP contribution in [0.1, 0.15) is 33.6 Å². The van der Waals surface area contributed by atoms with Crippen LogP contribution in [0.5, 0.6) is 0 Å². The van der Waals surface area contributed by atoms with Crippen molar-refractivity contribution in [2.24, 2.45) is 0 Å². The highest BCUT2D eigenvalue weighted by atomic mass is 16.5. The molecule has 2 aliphatic heterocycles. The van der Waals surface area contributed by atoms with Crippen LogP contribution in [0.15, 0.2) is 48.5 Å². The van der Waals surface area contributed by atoms with E-state index < -0.39 is 0 Å². The van der Waals surface area contributed by atoms with Crippen molar-refractivity contribution in [3.05, 3.63) is 59.7 Å². The summed E-state index contributed by atoms with van der Waals surface area (Å²) < 4.78 is 10.9. The van der Waals surface area contributed by atoms with Gasteiger partial charge in [0.15, 0.2) is 0 Å². The van der Waals surface area contributed by atoms with Crippen LogP contribution in [-0.2, 0) is 9.47 Å². The smallest absolute Gasteiger partial charge is 0.255 e. The summed E-state index contributed by atoms with van der Waals surface area (Å²) in [6.07, 6.45) is 2.05. The number of morpholine rings is 1. The van der Waals surface area contributed by atoms with Gasteiger partial charge in [-0.2, -0.15) is 0 Å². The van der Waals surface area contributed by atoms with E-state index in [1.54, 1.807) is 36.4 Å². The Hall–Kier alpha value is -2.90. The average Bonchev–Trinajstić information content (AvgIpc) is 3.32. The molecule has 0 radical (unpaired) electrons. The normalized spacial score (nSPS) is 18.8. The first-order chi connectivity index (χ1) is 14.7. The number of nitrogens with zero attached hydrogens (tertiary/aromatic N) is 1. The third-order valence-corrected chi connectivity index (χ3v) is 5.44. The number of hydrogen-bond acceptors (Lipinski definition) is 5. The van der Waals surface area contributed by atoms with Crippen LogP contribution in [0.3, 0.4) is 0 Å². The van der Waals surface area contributed by atoms with Gasteiger partial charge in [0.25, 0.3) is 11.8 Å². The Kier molecular flexibility index (Phi) is 6.61. The summed E-state index contributed by atoms with van der Waals surface area (Å²) in [5.74, 6) is -0.466. The number of nitrogens with one attached hydrogen (secondary N) is 2. The van der Waals surface area contributed by atoms with E-state index in [9.17, 15) is 9.59 Å². The summed E-state index contributed by atoms with van der Waals surface area (Å²) in [5.41, 5.74) is 2.55. The lowest BCUT2D eigenvalue weighted by Crippen LogP contribution is -2.36. The van der Waals surface area contributed by atoms with E-state index in [1.165, 1.54) is 0 Å². The molecule has 2 heterocycles. The van der Waals surface area contributed by atoms with E-state index in [0.717, 1.165) is 38.2 Å². The second kappa shape index (κ2) is 9.73. The molecular formula is C23H27N3O4. The van der Waals surface area contributed by atoms with Gasteiger partial charge in [0.2, 0.25) is 0 Å². The number of amides is 2. The second-order valence-electron chi connectivity index (χ2n) is 7.49. The van der Waals surface area contributed by atoms with Crippen molar-refractivity contribution in [2.75, 3.05) is 49.7 Å². The fraction of sp³-hybridized carbons (Fsp3) is 0.391. The van der Waals surface area contributed by atoms with Crippen LogP contribution >= 0.6 is 0 Å². The van der Waals surface area contributed by atoms with Gasteiger partial charge in [-0.25, -0.2) is 0 Å². The molecule has 158 valence electrons. The molecule has 0 saturated carbocycles. The Balaban J connectivity index is 1.39. The predicted molar refractivity (Wildman–Crippen MR) is 115 cm³/mol. The molecule has 0 aromatic heterocycles. The number of hydrogen-bond donors (Lipinski definition) is 2. The molecular weight excluding hydrogens is 382 g/mol. The molecule has 2 amide bonds. The summed E-state index contributed by atoms with van der Waals surface area (Å²) in [6.45, 7) is 4.35. The maximum absolute atomic E-state index is 12.7. The summed E-state index contributed by atoms with van der Waals surface area (Å²) >= 11 is 0. The molecule has 7 nitrogen and oxygen atoms in total. The lowest BCUT2D eigenvalue weighted by atomic mass is 10.1. The molecule has 0 unspecified atom stereocenters. The number of ether oxygens (including phenoxy) is 2. The van der Waals surface area contributed by atoms with E-state index in [-0.39, 0.29) is 17.9 Å². The van der Waals surface area contributed by atoms with Crippen molar-refractivity contribution in [3.63, 3.8) is 0 Å². The minimum absolute atomic E-state index is 0.0701. The van der Waals surface area contributed by atoms with E-state index in [0.29, 0.717) is 36.6 Å². The molecule has 2 fully saturated rings. The van der Waals surface area contributed by atoms with Gasteiger partial charge in [0, 0.05) is 37.5 Å². The fourth-order valence-corrected chi connectivity index (χ4v) is 3.74. The van der Waals surface area contributed by atoms with E-state index in [1.807, 2.05) is 12.1 Å². The summed E-state index contributed by atoms with van der Waals surface area (Å²) in [7, 11) is 0. The lowest BCUT2D eigenvalue weighted by Gasteiger charge is -2.28. The van der Waals surface area contributed by atoms with Crippen LogP contribution < -0.4 is 15.5 Å². The van der Waals surface area contributed by atoms with Gasteiger partial charge in [-0.05, 0) is 49.2 Å². The third-order valence-electron chi connectivity index (χ3n) is 5.44. The van der Waals surface area contributed by atoms with Gasteiger partial charge in [-0.1, -0.05) is 12.1 Å². The fourth-order valence-electron chi connectivity index (χ4n) is 3.74. The third kappa shape index (κ3) is 4.98. The summed E-state index contributed by atoms with van der Waals surface area (Å²) in [5, 5.41) is 5.78. The van der Waals surface area contributed by atoms with Crippen LogP contribution in [0.25, 0.3) is 0 Å². The maximum atomic E-state index is 12.7. The Labute approximate surface area is 176 Å². The maximum Gasteiger partial charge on any atom is 0.255 e. The molecule has 2 aliphatic rings. The largest absolute Gasteiger partial charge is 0.378 e. The Morgan fingerprint density at radius 2 is 1.73 bits per heavy atom. The number of para-hydroxylation sites is 1. The van der Waals surface area contributed by atoms with Crippen molar-refractivity contribution < 1.29 is 19.1 Å². The number of rotatable bonds is 6. The highest BCUT2D eigenvalue weighted by molar-refractivity contribution is 6.09. The molecule has 2 aromatic carbocycles. The molecule has 2 N–H and O–H groups in total. The zero-order chi connectivity index (χ0) is 20.8. The standard InChI is InChI=1S/C23H27N3O4/c27-22(17-7-9-18(10-8-17)26-11-14-29-15-12-26)25-21-6-2-1-5-20(21)23(28)24-16-19-4-3-13-30-19/h1-2,5-10,19H,3-4,11-16H2,(H,24,28)(H,25,27)/t19-/m1/s1. The molecule has 0 spiro atoms. The van der Waals surface area contributed by atoms with Gasteiger partial charge < -0.3 is 25.0 Å². The molecule has 2 saturated heterocycles. The van der Waals surface area contributed by atoms with Gasteiger partial charge in [-0.15, -0.1) is 0 Å². The summed E-state index contributed by atoms with van der Waals surface area (Å²) in [4.78, 5) is 27.6. The molecule has 4 rings (SSSR count). The Bertz CT molecular complexity index is 872. The predicted octanol–water partition coefficient (Wildman–Crippen LogP) is 2.68. The van der Waals surface area contributed by atoms with Crippen LogP contribution in [0.4, 0.5) is 11.4 Å². The minimum Gasteiger partial charge on any atom is -0.378 e. The first kappa shape index (κ1) is 20.4. The van der Waals surface area contributed by atoms with Crippen molar-refractivity contribution >= 4 is 23.2 Å². The highest BCUT2D eigenvalue weighted by Crippen LogP contribution is 2.20. The molecule has 30 heavy (non-hydrogen) atoms. The lowest BCUT2D eigenvalue weighted by molar-refractivity contribution is 0.0858. The van der Waals surface area contributed by atoms with E-state index in [4.69, 9.17) is 9.47 Å². The van der Waals surface area contributed by atoms with Gasteiger partial charge >= 0.3 is 0 Å². The average molecular weight is 409 g/mol. The van der Waals surface area contributed by atoms with Crippen molar-refractivity contribution in [1.82, 2.24) is 5.32 Å². The first-order valence-electron chi connectivity index (χ1n) is 10.4. The van der Waals surface area contributed by atoms with Gasteiger partial charge in [-0.3, -0.25) is 9.59 Å². The van der Waals surface area contributed by atoms with Gasteiger partial charge in [0.1, 0.15) is 0 Å². The van der Waals surface area contributed by atoms with Crippen molar-refractivity contribution in [2.45, 2.75) is 18.9 Å². The zero-order valence-corrected chi connectivity index (χ0v) is 16.9. The van der Waals surface area contributed by atoms with Crippen LogP contribution in [0.2, 0.25) is 0 Å². The number of carbonyl (C=O) groups excluding carboxylic acids is 2. The molecule has 2 aromatic rings. The number of carbonyl (C=O) groups is 2. The molecule has 0 bridgehead atoms. The number of benzene rings is 2. The quantitative estimate of drug-likeness (QED) is 0.767. The zero-order valence-electron chi connectivity index (χ0n) is 16.9. The summed E-state index contributed by atoms with van der Waals surface area (Å²) in [6, 6.07) is 14.5. The topological polar surface area (TPSA) is 79.9 Å². The van der Waals surface area contributed by atoms with Crippen molar-refractivity contribution in [3.8, 4) is 0 Å². The van der Waals surface area contributed by atoms with Gasteiger partial charge in [0.05, 0.1) is 30.6 Å². The van der Waals surface area contributed by atoms with E-state index in [2.05, 4.69) is 15.5 Å². The SMILES string of the molecule is O=C(Nc1ccccc1C(=O)NC[C@H]1CCCO1)c1ccc(N2CCOCC2)cc1. The van der Waals surface area contributed by atoms with Crippen LogP contribution in [-0.4, -0.2) is 57.4 Å². The Morgan fingerprint density at radius 1 is 0.967 bits per heavy atom. The molecule has 0 aliphatic carbocycles. The molecule has 7 heteroatoms.